The van der Waals surface area contributed by atoms with Crippen molar-refractivity contribution in [1.29, 1.82) is 0 Å². The minimum absolute atomic E-state index is 0.00116. The molecule has 7 rings (SSSR count). The molecule has 79 heavy (non-hydrogen) atoms. The molecule has 0 bridgehead atoms. The van der Waals surface area contributed by atoms with E-state index in [-0.39, 0.29) is 41.7 Å². The Morgan fingerprint density at radius 1 is 0.785 bits per heavy atom. The number of aliphatic hydroxyl groups excluding tert-OH is 1. The lowest BCUT2D eigenvalue weighted by atomic mass is 10.0. The standard InChI is InChI=1S/C52H58N6O7.2C2HF3O2/c1-35(54-34-47(60)43-19-21-46(59)51-44(43)20-22-48(61)56-51)31-38-10-8-9-36(32-38)23-27-53-49(62)33-37-15-17-40(18-16-37)57(2)50(63)26-30-58-28-24-41(25-29-58)65-52(64)55-45-14-7-6-13-42(45)39-11-4-3-5-12-39;2*3-2(4,5)1(6)7/h3-22,32,35,41,47,54,59-60H,23-31,33-34H2,1-2H3,(H,53,62)(H,55,64)(H,56,61);2*(H,6,7)/t35-,47+;;/m1../s1. The number of carbonyl (C=O) groups excluding carboxylic acids is 3. The Morgan fingerprint density at radius 3 is 2.05 bits per heavy atom. The molecule has 6 aromatic rings. The van der Waals surface area contributed by atoms with Crippen molar-refractivity contribution in [2.75, 3.05) is 50.0 Å². The number of phenols is 1. The molecule has 422 valence electrons. The number of piperidine rings is 1. The quantitative estimate of drug-likeness (QED) is 0.0377. The van der Waals surface area contributed by atoms with E-state index in [4.69, 9.17) is 24.5 Å². The molecule has 0 spiro atoms. The Hall–Kier alpha value is -8.28. The molecule has 1 aromatic heterocycles. The number of nitrogens with one attached hydrogen (secondary N) is 4. The number of hydrogen-bond donors (Lipinski definition) is 8. The number of aliphatic hydroxyl groups is 1. The van der Waals surface area contributed by atoms with Crippen LogP contribution in [0.5, 0.6) is 5.75 Å². The molecule has 5 aromatic carbocycles. The third-order valence-corrected chi connectivity index (χ3v) is 12.4. The number of phenolic OH excluding ortho intramolecular Hbond substituents is 1. The number of amides is 3. The van der Waals surface area contributed by atoms with Gasteiger partial charge in [-0.2, -0.15) is 26.3 Å². The van der Waals surface area contributed by atoms with E-state index in [1.807, 2.05) is 91.0 Å². The molecule has 23 heteroatoms. The Bertz CT molecular complexity index is 3040. The molecule has 8 N–H and O–H groups in total. The van der Waals surface area contributed by atoms with Crippen LogP contribution >= 0.6 is 0 Å². The third kappa shape index (κ3) is 19.9. The normalized spacial score (nSPS) is 13.6. The van der Waals surface area contributed by atoms with Crippen molar-refractivity contribution in [3.05, 3.63) is 160 Å². The molecule has 0 unspecified atom stereocenters. The molecule has 1 saturated heterocycles. The van der Waals surface area contributed by atoms with Crippen LogP contribution in [0, 0.1) is 0 Å². The summed E-state index contributed by atoms with van der Waals surface area (Å²) in [5, 5.41) is 45.3. The molecule has 1 fully saturated rings. The van der Waals surface area contributed by atoms with Crippen LogP contribution in [0.4, 0.5) is 42.5 Å². The van der Waals surface area contributed by atoms with Crippen molar-refractivity contribution < 1.29 is 75.5 Å². The van der Waals surface area contributed by atoms with E-state index in [0.717, 1.165) is 53.0 Å². The number of halogens is 6. The summed E-state index contributed by atoms with van der Waals surface area (Å²) in [4.78, 5) is 74.9. The number of aliphatic carboxylic acids is 2. The summed E-state index contributed by atoms with van der Waals surface area (Å²) in [6, 6.07) is 39.5. The SMILES string of the molecule is C[C@H](Cc1cccc(CCNC(=O)Cc2ccc(N(C)C(=O)CCN3CCC(OC(=O)Nc4ccccc4-c4ccccc4)CC3)cc2)c1)NC[C@H](O)c1ccc(O)c2[nH]c(=O)ccc12.O=C(O)C(F)(F)F.O=C(O)C(F)(F)F. The van der Waals surface area contributed by atoms with Crippen molar-refractivity contribution in [2.45, 2.75) is 76.1 Å². The first kappa shape index (κ1) is 61.6. The van der Waals surface area contributed by atoms with Crippen LogP contribution in [0.1, 0.15) is 54.5 Å². The number of aromatic hydroxyl groups is 1. The zero-order chi connectivity index (χ0) is 57.9. The average Bonchev–Trinajstić information content (AvgIpc) is 3.48. The van der Waals surface area contributed by atoms with Crippen molar-refractivity contribution in [1.82, 2.24) is 20.5 Å². The summed E-state index contributed by atoms with van der Waals surface area (Å²) in [5.41, 5.74) is 7.10. The summed E-state index contributed by atoms with van der Waals surface area (Å²) in [6.45, 7) is 4.92. The molecule has 17 nitrogen and oxygen atoms in total. The van der Waals surface area contributed by atoms with Gasteiger partial charge in [-0.1, -0.05) is 91.0 Å². The monoisotopic (exact) mass is 1110 g/mol. The van der Waals surface area contributed by atoms with Gasteiger partial charge < -0.3 is 50.6 Å². The minimum atomic E-state index is -5.08. The Labute approximate surface area is 449 Å². The maximum absolute atomic E-state index is 13.2. The average molecular weight is 1110 g/mol. The van der Waals surface area contributed by atoms with Gasteiger partial charge in [-0.15, -0.1) is 0 Å². The number of carboxylic acids is 2. The molecular weight excluding hydrogens is 1050 g/mol. The maximum Gasteiger partial charge on any atom is 0.490 e. The van der Waals surface area contributed by atoms with E-state index in [1.54, 1.807) is 24.1 Å². The number of hydrogen-bond acceptors (Lipinski definition) is 11. The largest absolute Gasteiger partial charge is 0.506 e. The van der Waals surface area contributed by atoms with Crippen LogP contribution in [-0.4, -0.2) is 124 Å². The van der Waals surface area contributed by atoms with E-state index in [1.165, 1.54) is 12.1 Å². The minimum Gasteiger partial charge on any atom is -0.506 e. The number of likely N-dealkylation sites (tertiary alicyclic amines) is 1. The number of alkyl halides is 6. The first-order chi connectivity index (χ1) is 37.4. The summed E-state index contributed by atoms with van der Waals surface area (Å²) in [5.74, 6) is -5.64. The summed E-state index contributed by atoms with van der Waals surface area (Å²) < 4.78 is 69.3. The van der Waals surface area contributed by atoms with E-state index in [2.05, 4.69) is 44.9 Å². The second-order valence-electron chi connectivity index (χ2n) is 18.4. The number of para-hydroxylation sites is 1. The molecule has 2 heterocycles. The van der Waals surface area contributed by atoms with Crippen molar-refractivity contribution in [3.8, 4) is 16.9 Å². The smallest absolute Gasteiger partial charge is 0.490 e. The molecule has 0 aliphatic carbocycles. The highest BCUT2D eigenvalue weighted by atomic mass is 19.4. The fourth-order valence-corrected chi connectivity index (χ4v) is 8.31. The third-order valence-electron chi connectivity index (χ3n) is 12.4. The first-order valence-corrected chi connectivity index (χ1v) is 24.8. The zero-order valence-corrected chi connectivity index (χ0v) is 42.9. The highest BCUT2D eigenvalue weighted by Crippen LogP contribution is 2.30. The van der Waals surface area contributed by atoms with Crippen molar-refractivity contribution in [3.63, 3.8) is 0 Å². The molecule has 0 radical (unpaired) electrons. The van der Waals surface area contributed by atoms with E-state index in [9.17, 15) is 55.7 Å². The Kier molecular flexibility index (Phi) is 22.5. The van der Waals surface area contributed by atoms with E-state index in [0.29, 0.717) is 67.5 Å². The number of ether oxygens (including phenoxy) is 1. The van der Waals surface area contributed by atoms with Gasteiger partial charge in [0.15, 0.2) is 0 Å². The second-order valence-corrected chi connectivity index (χ2v) is 18.4. The van der Waals surface area contributed by atoms with Gasteiger partial charge in [-0.25, -0.2) is 14.4 Å². The van der Waals surface area contributed by atoms with Gasteiger partial charge in [0, 0.05) is 74.9 Å². The highest BCUT2D eigenvalue weighted by molar-refractivity contribution is 5.93. The number of carbonyl (C=O) groups is 5. The molecule has 3 amide bonds. The number of nitrogens with zero attached hydrogens (tertiary/aromatic N) is 2. The fourth-order valence-electron chi connectivity index (χ4n) is 8.31. The first-order valence-electron chi connectivity index (χ1n) is 24.8. The van der Waals surface area contributed by atoms with Gasteiger partial charge >= 0.3 is 30.4 Å². The van der Waals surface area contributed by atoms with Crippen LogP contribution in [-0.2, 0) is 43.2 Å². The van der Waals surface area contributed by atoms with Gasteiger partial charge in [-0.05, 0) is 90.8 Å². The lowest BCUT2D eigenvalue weighted by molar-refractivity contribution is -0.193. The number of pyridine rings is 1. The number of carboxylic acid groups (broad SMARTS) is 2. The molecule has 2 atom stereocenters. The van der Waals surface area contributed by atoms with Crippen LogP contribution in [0.2, 0.25) is 0 Å². The predicted molar refractivity (Wildman–Crippen MR) is 283 cm³/mol. The fraction of sp³-hybridized carbons (Fsp3) is 0.321. The van der Waals surface area contributed by atoms with Gasteiger partial charge in [0.05, 0.1) is 23.7 Å². The van der Waals surface area contributed by atoms with Crippen LogP contribution < -0.4 is 26.4 Å². The number of anilines is 2. The van der Waals surface area contributed by atoms with Gasteiger partial charge in [0.2, 0.25) is 17.4 Å². The lowest BCUT2D eigenvalue weighted by Crippen LogP contribution is -2.40. The topological polar surface area (TPSA) is 251 Å². The number of benzene rings is 5. The molecular formula is C56H60F6N6O11. The van der Waals surface area contributed by atoms with E-state index >= 15 is 0 Å². The maximum atomic E-state index is 13.2. The Balaban J connectivity index is 0.000000725. The van der Waals surface area contributed by atoms with Gasteiger partial charge in [0.25, 0.3) is 0 Å². The number of aromatic nitrogens is 1. The van der Waals surface area contributed by atoms with Gasteiger partial charge in [-0.3, -0.25) is 19.7 Å². The number of rotatable bonds is 18. The summed E-state index contributed by atoms with van der Waals surface area (Å²) in [6.07, 6.45) is -8.28. The van der Waals surface area contributed by atoms with Crippen LogP contribution in [0.15, 0.2) is 132 Å². The number of fused-ring (bicyclic) bond motifs is 1. The van der Waals surface area contributed by atoms with Gasteiger partial charge in [0.1, 0.15) is 11.9 Å². The zero-order valence-electron chi connectivity index (χ0n) is 42.9. The van der Waals surface area contributed by atoms with E-state index < -0.39 is 36.5 Å². The molecule has 1 aliphatic heterocycles. The molecule has 1 aliphatic rings. The predicted octanol–water partition coefficient (Wildman–Crippen LogP) is 8.39. The summed E-state index contributed by atoms with van der Waals surface area (Å²) >= 11 is 0. The lowest BCUT2D eigenvalue weighted by Gasteiger charge is -2.31. The number of H-pyrrole nitrogens is 1. The highest BCUT2D eigenvalue weighted by Gasteiger charge is 2.39. The number of aromatic amines is 1. The summed E-state index contributed by atoms with van der Waals surface area (Å²) in [7, 11) is 1.77. The molecule has 0 saturated carbocycles. The van der Waals surface area contributed by atoms with Crippen LogP contribution in [0.25, 0.3) is 22.0 Å². The van der Waals surface area contributed by atoms with Crippen LogP contribution in [0.3, 0.4) is 0 Å². The Morgan fingerprint density at radius 2 is 1.41 bits per heavy atom. The van der Waals surface area contributed by atoms with Crippen molar-refractivity contribution >= 4 is 52.1 Å². The second kappa shape index (κ2) is 28.9. The van der Waals surface area contributed by atoms with Crippen molar-refractivity contribution in [2.24, 2.45) is 0 Å².